The van der Waals surface area contributed by atoms with E-state index in [1.807, 2.05) is 0 Å². The van der Waals surface area contributed by atoms with Gasteiger partial charge in [-0.05, 0) is 37.0 Å². The van der Waals surface area contributed by atoms with E-state index in [0.717, 1.165) is 18.6 Å². The van der Waals surface area contributed by atoms with Crippen molar-refractivity contribution >= 4 is 0 Å². The lowest BCUT2D eigenvalue weighted by Gasteiger charge is -2.15. The van der Waals surface area contributed by atoms with E-state index in [1.54, 1.807) is 7.11 Å². The summed E-state index contributed by atoms with van der Waals surface area (Å²) in [5, 5.41) is 0. The standard InChI is InChI=1S/C13H21NO/c1-5-6-12(14)11-7-9(2)13(15-4)10(3)8-11/h7-8,12H,5-6,14H2,1-4H3/t12-/m0/s1. The van der Waals surface area contributed by atoms with E-state index in [-0.39, 0.29) is 6.04 Å². The van der Waals surface area contributed by atoms with Crippen LogP contribution in [0.2, 0.25) is 0 Å². The first-order chi connectivity index (χ1) is 7.10. The van der Waals surface area contributed by atoms with Crippen LogP contribution >= 0.6 is 0 Å². The summed E-state index contributed by atoms with van der Waals surface area (Å²) in [6, 6.07) is 4.41. The lowest BCUT2D eigenvalue weighted by molar-refractivity contribution is 0.408. The van der Waals surface area contributed by atoms with Gasteiger partial charge in [0.25, 0.3) is 0 Å². The van der Waals surface area contributed by atoms with Gasteiger partial charge in [-0.15, -0.1) is 0 Å². The van der Waals surface area contributed by atoms with E-state index in [4.69, 9.17) is 10.5 Å². The smallest absolute Gasteiger partial charge is 0.124 e. The second-order valence-corrected chi connectivity index (χ2v) is 4.08. The van der Waals surface area contributed by atoms with Gasteiger partial charge in [-0.3, -0.25) is 0 Å². The highest BCUT2D eigenvalue weighted by Crippen LogP contribution is 2.27. The van der Waals surface area contributed by atoms with Gasteiger partial charge in [0.1, 0.15) is 5.75 Å². The lowest BCUT2D eigenvalue weighted by atomic mass is 9.98. The molecule has 0 spiro atoms. The summed E-state index contributed by atoms with van der Waals surface area (Å²) in [4.78, 5) is 0. The van der Waals surface area contributed by atoms with Crippen LogP contribution in [0, 0.1) is 13.8 Å². The molecule has 0 unspecified atom stereocenters. The van der Waals surface area contributed by atoms with Crippen molar-refractivity contribution in [2.45, 2.75) is 39.7 Å². The van der Waals surface area contributed by atoms with Crippen molar-refractivity contribution in [2.75, 3.05) is 7.11 Å². The van der Waals surface area contributed by atoms with Crippen LogP contribution in [0.15, 0.2) is 12.1 Å². The minimum atomic E-state index is 0.151. The van der Waals surface area contributed by atoms with Gasteiger partial charge in [-0.25, -0.2) is 0 Å². The van der Waals surface area contributed by atoms with Gasteiger partial charge in [0.15, 0.2) is 0 Å². The molecule has 1 atom stereocenters. The first-order valence-electron chi connectivity index (χ1n) is 5.50. The SMILES string of the molecule is CCC[C@H](N)c1cc(C)c(OC)c(C)c1. The van der Waals surface area contributed by atoms with Gasteiger partial charge < -0.3 is 10.5 Å². The van der Waals surface area contributed by atoms with Crippen LogP contribution in [-0.2, 0) is 0 Å². The van der Waals surface area contributed by atoms with Crippen molar-refractivity contribution in [3.63, 3.8) is 0 Å². The number of rotatable bonds is 4. The van der Waals surface area contributed by atoms with Gasteiger partial charge in [0.05, 0.1) is 7.11 Å². The number of methoxy groups -OCH3 is 1. The number of aryl methyl sites for hydroxylation is 2. The molecule has 15 heavy (non-hydrogen) atoms. The van der Waals surface area contributed by atoms with Crippen LogP contribution in [0.4, 0.5) is 0 Å². The summed E-state index contributed by atoms with van der Waals surface area (Å²) in [6.07, 6.45) is 2.15. The predicted molar refractivity (Wildman–Crippen MR) is 64.3 cm³/mol. The minimum Gasteiger partial charge on any atom is -0.496 e. The Balaban J connectivity index is 3.02. The second kappa shape index (κ2) is 5.17. The molecule has 84 valence electrons. The fourth-order valence-electron chi connectivity index (χ4n) is 2.00. The van der Waals surface area contributed by atoms with Crippen LogP contribution in [0.3, 0.4) is 0 Å². The summed E-state index contributed by atoms with van der Waals surface area (Å²) in [6.45, 7) is 6.28. The van der Waals surface area contributed by atoms with Gasteiger partial charge in [-0.2, -0.15) is 0 Å². The van der Waals surface area contributed by atoms with E-state index in [2.05, 4.69) is 32.9 Å². The molecule has 0 aliphatic rings. The molecule has 0 saturated carbocycles. The maximum atomic E-state index is 6.09. The van der Waals surface area contributed by atoms with Crippen LogP contribution in [0.5, 0.6) is 5.75 Å². The molecule has 1 aromatic rings. The van der Waals surface area contributed by atoms with Crippen molar-refractivity contribution in [3.05, 3.63) is 28.8 Å². The zero-order valence-electron chi connectivity index (χ0n) is 10.1. The monoisotopic (exact) mass is 207 g/mol. The Kier molecular flexibility index (Phi) is 4.15. The van der Waals surface area contributed by atoms with Gasteiger partial charge >= 0.3 is 0 Å². The Bertz CT molecular complexity index is 310. The van der Waals surface area contributed by atoms with Crippen molar-refractivity contribution in [1.29, 1.82) is 0 Å². The highest BCUT2D eigenvalue weighted by atomic mass is 16.5. The molecule has 0 heterocycles. The molecule has 0 aromatic heterocycles. The Morgan fingerprint density at radius 1 is 1.27 bits per heavy atom. The van der Waals surface area contributed by atoms with E-state index >= 15 is 0 Å². The van der Waals surface area contributed by atoms with Crippen molar-refractivity contribution in [2.24, 2.45) is 5.73 Å². The first kappa shape index (κ1) is 12.1. The number of benzene rings is 1. The fraction of sp³-hybridized carbons (Fsp3) is 0.538. The Labute approximate surface area is 92.4 Å². The molecule has 1 rings (SSSR count). The quantitative estimate of drug-likeness (QED) is 0.823. The van der Waals surface area contributed by atoms with Crippen LogP contribution < -0.4 is 10.5 Å². The number of nitrogens with two attached hydrogens (primary N) is 1. The number of hydrogen-bond donors (Lipinski definition) is 1. The summed E-state index contributed by atoms with van der Waals surface area (Å²) in [5.74, 6) is 0.974. The molecule has 0 amide bonds. The third-order valence-corrected chi connectivity index (χ3v) is 2.71. The summed E-state index contributed by atoms with van der Waals surface area (Å²) in [5.41, 5.74) is 9.64. The molecule has 0 fully saturated rings. The summed E-state index contributed by atoms with van der Waals surface area (Å²) >= 11 is 0. The summed E-state index contributed by atoms with van der Waals surface area (Å²) in [7, 11) is 1.71. The third-order valence-electron chi connectivity index (χ3n) is 2.71. The van der Waals surface area contributed by atoms with Gasteiger partial charge in [0.2, 0.25) is 0 Å². The highest BCUT2D eigenvalue weighted by molar-refractivity contribution is 5.44. The van der Waals surface area contributed by atoms with Crippen molar-refractivity contribution < 1.29 is 4.74 Å². The number of hydrogen-bond acceptors (Lipinski definition) is 2. The van der Waals surface area contributed by atoms with Crippen LogP contribution in [-0.4, -0.2) is 7.11 Å². The van der Waals surface area contributed by atoms with Crippen molar-refractivity contribution in [1.82, 2.24) is 0 Å². The maximum Gasteiger partial charge on any atom is 0.124 e. The molecule has 2 nitrogen and oxygen atoms in total. The van der Waals surface area contributed by atoms with Crippen LogP contribution in [0.25, 0.3) is 0 Å². The van der Waals surface area contributed by atoms with E-state index in [1.165, 1.54) is 16.7 Å². The number of ether oxygens (including phenoxy) is 1. The average molecular weight is 207 g/mol. The molecule has 1 aromatic carbocycles. The van der Waals surface area contributed by atoms with Gasteiger partial charge in [0, 0.05) is 6.04 Å². The minimum absolute atomic E-state index is 0.151. The molecular weight excluding hydrogens is 186 g/mol. The molecular formula is C13H21NO. The molecule has 0 radical (unpaired) electrons. The zero-order chi connectivity index (χ0) is 11.4. The summed E-state index contributed by atoms with van der Waals surface area (Å²) < 4.78 is 5.33. The average Bonchev–Trinajstić information content (AvgIpc) is 2.17. The largest absolute Gasteiger partial charge is 0.496 e. The molecule has 0 saturated heterocycles. The molecule has 2 N–H and O–H groups in total. The van der Waals surface area contributed by atoms with Crippen LogP contribution in [0.1, 0.15) is 42.5 Å². The lowest BCUT2D eigenvalue weighted by Crippen LogP contribution is -2.10. The second-order valence-electron chi connectivity index (χ2n) is 4.08. The zero-order valence-corrected chi connectivity index (χ0v) is 10.1. The molecule has 0 aliphatic carbocycles. The molecule has 2 heteroatoms. The maximum absolute atomic E-state index is 6.09. The normalized spacial score (nSPS) is 12.6. The fourth-order valence-corrected chi connectivity index (χ4v) is 2.00. The van der Waals surface area contributed by atoms with E-state index in [0.29, 0.717) is 0 Å². The van der Waals surface area contributed by atoms with Crippen molar-refractivity contribution in [3.8, 4) is 5.75 Å². The molecule has 0 bridgehead atoms. The molecule has 0 aliphatic heterocycles. The van der Waals surface area contributed by atoms with E-state index < -0.39 is 0 Å². The third kappa shape index (κ3) is 2.72. The van der Waals surface area contributed by atoms with Gasteiger partial charge in [-0.1, -0.05) is 25.5 Å². The Hall–Kier alpha value is -1.02. The topological polar surface area (TPSA) is 35.2 Å². The predicted octanol–water partition coefficient (Wildman–Crippen LogP) is 3.11. The van der Waals surface area contributed by atoms with E-state index in [9.17, 15) is 0 Å². The Morgan fingerprint density at radius 2 is 1.80 bits per heavy atom. The first-order valence-corrected chi connectivity index (χ1v) is 5.50. The Morgan fingerprint density at radius 3 is 2.20 bits per heavy atom. The highest BCUT2D eigenvalue weighted by Gasteiger charge is 2.09.